The van der Waals surface area contributed by atoms with E-state index in [1.54, 1.807) is 17.0 Å². The van der Waals surface area contributed by atoms with Gasteiger partial charge in [0.2, 0.25) is 5.95 Å². The fraction of sp³-hybridized carbons (Fsp3) is 0.314. The van der Waals surface area contributed by atoms with Crippen LogP contribution in [0.3, 0.4) is 0 Å². The standard InChI is InChI=1S/C33H33ClN6O.C2H6/c1-3-40-31-25(19-29(32(40)41)28-13-10-24(20-30(28)34)27-7-6-15-35-22(27)2)21-36-33(38-31)37-26-11-8-23(9-12-26)14-18-39-16-4-5-17-39;1-2/h6-13,15,19-21H,3-5,14,16-18H2,1-2H3,(H,36,37,38);1-2H3. The fourth-order valence-corrected chi connectivity index (χ4v) is 5.86. The van der Waals surface area contributed by atoms with E-state index in [9.17, 15) is 4.79 Å². The van der Waals surface area contributed by atoms with Gasteiger partial charge in [0.1, 0.15) is 5.65 Å². The monoisotopic (exact) mass is 594 g/mol. The van der Waals surface area contributed by atoms with Gasteiger partial charge in [-0.25, -0.2) is 4.98 Å². The van der Waals surface area contributed by atoms with Gasteiger partial charge in [-0.3, -0.25) is 14.3 Å². The molecule has 0 aliphatic carbocycles. The third-order valence-corrected chi connectivity index (χ3v) is 8.16. The van der Waals surface area contributed by atoms with Crippen LogP contribution in [0.2, 0.25) is 5.02 Å². The molecule has 0 amide bonds. The highest BCUT2D eigenvalue weighted by atomic mass is 35.5. The number of likely N-dealkylation sites (tertiary alicyclic amines) is 1. The normalized spacial score (nSPS) is 13.1. The van der Waals surface area contributed by atoms with Gasteiger partial charge in [0.15, 0.2) is 0 Å². The zero-order valence-corrected chi connectivity index (χ0v) is 26.2. The molecule has 5 aromatic rings. The number of nitrogens with zero attached hydrogens (tertiary/aromatic N) is 5. The van der Waals surface area contributed by atoms with E-state index < -0.39 is 0 Å². The van der Waals surface area contributed by atoms with Crippen molar-refractivity contribution >= 4 is 34.3 Å². The molecular weight excluding hydrogens is 556 g/mol. The first-order valence-electron chi connectivity index (χ1n) is 15.2. The van der Waals surface area contributed by atoms with Gasteiger partial charge in [0.05, 0.1) is 0 Å². The Hall–Kier alpha value is -4.07. The molecule has 2 aromatic carbocycles. The highest BCUT2D eigenvalue weighted by Gasteiger charge is 2.16. The highest BCUT2D eigenvalue weighted by Crippen LogP contribution is 2.33. The molecule has 0 atom stereocenters. The largest absolute Gasteiger partial charge is 0.324 e. The number of benzene rings is 2. The molecule has 1 N–H and O–H groups in total. The fourth-order valence-electron chi connectivity index (χ4n) is 5.57. The molecule has 43 heavy (non-hydrogen) atoms. The molecule has 1 fully saturated rings. The van der Waals surface area contributed by atoms with Crippen LogP contribution in [0.5, 0.6) is 0 Å². The average molecular weight is 595 g/mol. The number of halogens is 1. The Morgan fingerprint density at radius 3 is 2.40 bits per heavy atom. The van der Waals surface area contributed by atoms with Gasteiger partial charge in [0.25, 0.3) is 5.56 Å². The number of hydrogen-bond acceptors (Lipinski definition) is 6. The first kappa shape index (κ1) is 30.4. The molecule has 0 spiro atoms. The molecule has 1 aliphatic heterocycles. The number of aromatic nitrogens is 4. The smallest absolute Gasteiger partial charge is 0.260 e. The van der Waals surface area contributed by atoms with Crippen molar-refractivity contribution < 1.29 is 0 Å². The van der Waals surface area contributed by atoms with E-state index in [0.29, 0.717) is 34.3 Å². The van der Waals surface area contributed by atoms with Crippen LogP contribution >= 0.6 is 11.6 Å². The second-order valence-corrected chi connectivity index (χ2v) is 10.9. The summed E-state index contributed by atoms with van der Waals surface area (Å²) in [6.45, 7) is 11.9. The molecular formula is C35H39ClN6O. The number of fused-ring (bicyclic) bond motifs is 1. The summed E-state index contributed by atoms with van der Waals surface area (Å²) in [6.07, 6.45) is 7.20. The number of rotatable bonds is 8. The van der Waals surface area contributed by atoms with Crippen LogP contribution in [-0.2, 0) is 13.0 Å². The summed E-state index contributed by atoms with van der Waals surface area (Å²) in [5.41, 5.74) is 6.76. The molecule has 7 nitrogen and oxygen atoms in total. The first-order valence-corrected chi connectivity index (χ1v) is 15.6. The molecule has 0 saturated carbocycles. The van der Waals surface area contributed by atoms with Crippen LogP contribution in [0, 0.1) is 6.92 Å². The topological polar surface area (TPSA) is 75.9 Å². The maximum Gasteiger partial charge on any atom is 0.260 e. The van der Waals surface area contributed by atoms with Gasteiger partial charge in [-0.15, -0.1) is 0 Å². The maximum absolute atomic E-state index is 13.6. The molecule has 1 saturated heterocycles. The summed E-state index contributed by atoms with van der Waals surface area (Å²) in [5.74, 6) is 0.450. The van der Waals surface area contributed by atoms with Gasteiger partial charge >= 0.3 is 0 Å². The Morgan fingerprint density at radius 1 is 0.930 bits per heavy atom. The minimum Gasteiger partial charge on any atom is -0.324 e. The number of nitrogens with one attached hydrogen (secondary N) is 1. The molecule has 3 aromatic heterocycles. The minimum absolute atomic E-state index is 0.140. The van der Waals surface area contributed by atoms with Crippen LogP contribution in [0.25, 0.3) is 33.3 Å². The lowest BCUT2D eigenvalue weighted by atomic mass is 9.99. The van der Waals surface area contributed by atoms with Crippen LogP contribution in [-0.4, -0.2) is 44.1 Å². The summed E-state index contributed by atoms with van der Waals surface area (Å²) < 4.78 is 1.68. The van der Waals surface area contributed by atoms with Crippen molar-refractivity contribution in [3.8, 4) is 22.3 Å². The predicted molar refractivity (Wildman–Crippen MR) is 178 cm³/mol. The molecule has 4 heterocycles. The maximum atomic E-state index is 13.6. The molecule has 8 heteroatoms. The molecule has 222 valence electrons. The van der Waals surface area contributed by atoms with E-state index in [1.807, 2.05) is 64.1 Å². The second kappa shape index (κ2) is 13.9. The lowest BCUT2D eigenvalue weighted by Crippen LogP contribution is -2.22. The van der Waals surface area contributed by atoms with E-state index in [1.165, 1.54) is 31.5 Å². The zero-order valence-electron chi connectivity index (χ0n) is 25.4. The number of pyridine rings is 2. The Balaban J connectivity index is 0.00000180. The van der Waals surface area contributed by atoms with Crippen LogP contribution in [0.15, 0.2) is 77.9 Å². The Kier molecular flexibility index (Phi) is 9.85. The number of aryl methyl sites for hydroxylation is 2. The summed E-state index contributed by atoms with van der Waals surface area (Å²) in [7, 11) is 0. The lowest BCUT2D eigenvalue weighted by Gasteiger charge is -2.15. The predicted octanol–water partition coefficient (Wildman–Crippen LogP) is 7.91. The van der Waals surface area contributed by atoms with E-state index in [4.69, 9.17) is 16.6 Å². The molecule has 0 bridgehead atoms. The quantitative estimate of drug-likeness (QED) is 0.197. The Labute approximate surface area is 258 Å². The first-order chi connectivity index (χ1) is 21.0. The van der Waals surface area contributed by atoms with Crippen molar-refractivity contribution in [3.63, 3.8) is 0 Å². The van der Waals surface area contributed by atoms with E-state index in [0.717, 1.165) is 40.9 Å². The van der Waals surface area contributed by atoms with Crippen molar-refractivity contribution in [2.75, 3.05) is 25.0 Å². The van der Waals surface area contributed by atoms with Crippen molar-refractivity contribution in [2.24, 2.45) is 0 Å². The summed E-state index contributed by atoms with van der Waals surface area (Å²) in [4.78, 5) is 29.8. The Bertz CT molecular complexity index is 1760. The summed E-state index contributed by atoms with van der Waals surface area (Å²) in [6, 6.07) is 19.9. The van der Waals surface area contributed by atoms with Crippen molar-refractivity contribution in [2.45, 2.75) is 53.5 Å². The molecule has 0 unspecified atom stereocenters. The zero-order chi connectivity index (χ0) is 30.3. The van der Waals surface area contributed by atoms with Gasteiger partial charge in [-0.2, -0.15) is 4.98 Å². The van der Waals surface area contributed by atoms with Crippen molar-refractivity contribution in [1.82, 2.24) is 24.4 Å². The molecule has 0 radical (unpaired) electrons. The van der Waals surface area contributed by atoms with E-state index in [2.05, 4.69) is 44.5 Å². The third-order valence-electron chi connectivity index (χ3n) is 7.85. The Morgan fingerprint density at radius 2 is 1.70 bits per heavy atom. The lowest BCUT2D eigenvalue weighted by molar-refractivity contribution is 0.343. The third kappa shape index (κ3) is 6.79. The average Bonchev–Trinajstić information content (AvgIpc) is 3.56. The van der Waals surface area contributed by atoms with Gasteiger partial charge in [-0.05, 0) is 87.7 Å². The second-order valence-electron chi connectivity index (χ2n) is 10.5. The molecule has 1 aliphatic rings. The SMILES string of the molecule is CC.CCn1c(=O)c(-c2ccc(-c3cccnc3C)cc2Cl)cc2cnc(Nc3ccc(CCN4CCCC4)cc3)nc21. The highest BCUT2D eigenvalue weighted by molar-refractivity contribution is 6.33. The van der Waals surface area contributed by atoms with Gasteiger partial charge in [-0.1, -0.05) is 55.8 Å². The minimum atomic E-state index is -0.140. The molecule has 6 rings (SSSR count). The van der Waals surface area contributed by atoms with E-state index >= 15 is 0 Å². The van der Waals surface area contributed by atoms with Crippen molar-refractivity contribution in [3.05, 3.63) is 99.7 Å². The van der Waals surface area contributed by atoms with E-state index in [-0.39, 0.29) is 5.56 Å². The van der Waals surface area contributed by atoms with Crippen LogP contribution in [0.1, 0.15) is 44.9 Å². The van der Waals surface area contributed by atoms with Crippen LogP contribution in [0.4, 0.5) is 11.6 Å². The van der Waals surface area contributed by atoms with Crippen LogP contribution < -0.4 is 10.9 Å². The number of anilines is 2. The summed E-state index contributed by atoms with van der Waals surface area (Å²) >= 11 is 6.75. The number of hydrogen-bond donors (Lipinski definition) is 1. The van der Waals surface area contributed by atoms with Gasteiger partial charge < -0.3 is 10.2 Å². The van der Waals surface area contributed by atoms with Gasteiger partial charge in [0, 0.05) is 64.0 Å². The summed E-state index contributed by atoms with van der Waals surface area (Å²) in [5, 5.41) is 4.58. The van der Waals surface area contributed by atoms with Crippen molar-refractivity contribution in [1.29, 1.82) is 0 Å².